The predicted octanol–water partition coefficient (Wildman–Crippen LogP) is 2.22. The maximum Gasteiger partial charge on any atom is 0.290 e. The number of nitro benzene ring substituents is 1. The van der Waals surface area contributed by atoms with Gasteiger partial charge in [-0.3, -0.25) is 10.1 Å². The molecule has 2 aromatic rings. The zero-order valence-electron chi connectivity index (χ0n) is 10.2. The summed E-state index contributed by atoms with van der Waals surface area (Å²) in [6.45, 7) is 1.24. The average molecular weight is 286 g/mol. The Morgan fingerprint density at radius 3 is 2.95 bits per heavy atom. The molecule has 0 saturated carbocycles. The van der Waals surface area contributed by atoms with Crippen molar-refractivity contribution in [2.75, 3.05) is 20.3 Å². The third-order valence-electron chi connectivity index (χ3n) is 2.55. The Balaban J connectivity index is 2.23. The van der Waals surface area contributed by atoms with Gasteiger partial charge in [0.15, 0.2) is 0 Å². The van der Waals surface area contributed by atoms with Crippen LogP contribution in [-0.4, -0.2) is 34.8 Å². The van der Waals surface area contributed by atoms with Crippen LogP contribution in [0.5, 0.6) is 0 Å². The molecule has 7 nitrogen and oxygen atoms in total. The van der Waals surface area contributed by atoms with Crippen LogP contribution in [0.3, 0.4) is 0 Å². The van der Waals surface area contributed by atoms with Gasteiger partial charge in [0.05, 0.1) is 35.5 Å². The number of ether oxygens (including phenoxy) is 2. The Hall–Kier alpha value is -1.70. The zero-order valence-corrected chi connectivity index (χ0v) is 11.0. The van der Waals surface area contributed by atoms with Crippen molar-refractivity contribution in [3.05, 3.63) is 33.6 Å². The second-order valence-corrected chi connectivity index (χ2v) is 4.20. The summed E-state index contributed by atoms with van der Waals surface area (Å²) in [6.07, 6.45) is 1.55. The van der Waals surface area contributed by atoms with Crippen molar-refractivity contribution in [2.24, 2.45) is 0 Å². The SMILES string of the molecule is COCCOCn1cnc2cc([N+](=O)[O-])c(Cl)cc21. The third kappa shape index (κ3) is 3.01. The highest BCUT2D eigenvalue weighted by Gasteiger charge is 2.15. The molecule has 1 aromatic carbocycles. The lowest BCUT2D eigenvalue weighted by Crippen LogP contribution is -2.06. The van der Waals surface area contributed by atoms with Gasteiger partial charge in [-0.25, -0.2) is 4.98 Å². The fourth-order valence-electron chi connectivity index (χ4n) is 1.62. The molecule has 0 unspecified atom stereocenters. The van der Waals surface area contributed by atoms with Gasteiger partial charge in [0.1, 0.15) is 11.8 Å². The molecule has 1 aromatic heterocycles. The number of hydrogen-bond acceptors (Lipinski definition) is 5. The quantitative estimate of drug-likeness (QED) is 0.462. The largest absolute Gasteiger partial charge is 0.382 e. The standard InChI is InChI=1S/C11H12ClN3O4/c1-18-2-3-19-7-14-6-13-9-5-10(15(16)17)8(12)4-11(9)14/h4-6H,2-3,7H2,1H3. The number of aromatic nitrogens is 2. The van der Waals surface area contributed by atoms with Crippen molar-refractivity contribution in [2.45, 2.75) is 6.73 Å². The lowest BCUT2D eigenvalue weighted by Gasteiger charge is -2.05. The number of hydrogen-bond donors (Lipinski definition) is 0. The minimum Gasteiger partial charge on any atom is -0.382 e. The highest BCUT2D eigenvalue weighted by molar-refractivity contribution is 6.33. The molecule has 0 saturated heterocycles. The van der Waals surface area contributed by atoms with E-state index in [-0.39, 0.29) is 17.4 Å². The van der Waals surface area contributed by atoms with E-state index in [1.54, 1.807) is 18.0 Å². The Morgan fingerprint density at radius 2 is 2.26 bits per heavy atom. The minimum atomic E-state index is -0.532. The fourth-order valence-corrected chi connectivity index (χ4v) is 1.84. The van der Waals surface area contributed by atoms with Gasteiger partial charge in [-0.15, -0.1) is 0 Å². The van der Waals surface area contributed by atoms with E-state index in [0.29, 0.717) is 24.2 Å². The first-order chi connectivity index (χ1) is 9.13. The molecule has 102 valence electrons. The van der Waals surface area contributed by atoms with E-state index in [9.17, 15) is 10.1 Å². The minimum absolute atomic E-state index is 0.0798. The third-order valence-corrected chi connectivity index (χ3v) is 2.85. The van der Waals surface area contributed by atoms with Gasteiger partial charge >= 0.3 is 0 Å². The van der Waals surface area contributed by atoms with Crippen molar-refractivity contribution in [3.8, 4) is 0 Å². The van der Waals surface area contributed by atoms with Crippen LogP contribution < -0.4 is 0 Å². The molecule has 0 aliphatic carbocycles. The second-order valence-electron chi connectivity index (χ2n) is 3.79. The molecule has 0 atom stereocenters. The molecule has 19 heavy (non-hydrogen) atoms. The Labute approximate surface area is 113 Å². The van der Waals surface area contributed by atoms with Crippen molar-refractivity contribution in [3.63, 3.8) is 0 Å². The molecule has 2 rings (SSSR count). The molecule has 1 heterocycles. The van der Waals surface area contributed by atoms with E-state index >= 15 is 0 Å². The first-order valence-corrected chi connectivity index (χ1v) is 5.86. The van der Waals surface area contributed by atoms with Crippen LogP contribution in [0.15, 0.2) is 18.5 Å². The molecule has 0 spiro atoms. The van der Waals surface area contributed by atoms with Crippen molar-refractivity contribution >= 4 is 28.3 Å². The van der Waals surface area contributed by atoms with Gasteiger partial charge in [-0.05, 0) is 6.07 Å². The fraction of sp³-hybridized carbons (Fsp3) is 0.364. The first-order valence-electron chi connectivity index (χ1n) is 5.49. The van der Waals surface area contributed by atoms with Crippen molar-refractivity contribution in [1.29, 1.82) is 0 Å². The Kier molecular flexibility index (Phi) is 4.31. The Bertz CT molecular complexity index is 599. The summed E-state index contributed by atoms with van der Waals surface area (Å²) in [5.41, 5.74) is 1.04. The van der Waals surface area contributed by atoms with Crippen molar-refractivity contribution in [1.82, 2.24) is 9.55 Å². The summed E-state index contributed by atoms with van der Waals surface area (Å²) in [7, 11) is 1.59. The summed E-state index contributed by atoms with van der Waals surface area (Å²) in [5.74, 6) is 0. The zero-order chi connectivity index (χ0) is 13.8. The van der Waals surface area contributed by atoms with Gasteiger partial charge in [-0.2, -0.15) is 0 Å². The molecule has 0 N–H and O–H groups in total. The average Bonchev–Trinajstić information content (AvgIpc) is 2.76. The molecular weight excluding hydrogens is 274 g/mol. The first kappa shape index (κ1) is 13.7. The van der Waals surface area contributed by atoms with Crippen LogP contribution in [0, 0.1) is 10.1 Å². The number of fused-ring (bicyclic) bond motifs is 1. The Morgan fingerprint density at radius 1 is 1.47 bits per heavy atom. The molecule has 0 radical (unpaired) electrons. The van der Waals surface area contributed by atoms with Crippen LogP contribution in [0.25, 0.3) is 11.0 Å². The van der Waals surface area contributed by atoms with E-state index < -0.39 is 4.92 Å². The highest BCUT2D eigenvalue weighted by atomic mass is 35.5. The number of methoxy groups -OCH3 is 1. The van der Waals surface area contributed by atoms with Crippen LogP contribution in [0.4, 0.5) is 5.69 Å². The monoisotopic (exact) mass is 285 g/mol. The van der Waals surface area contributed by atoms with Gasteiger partial charge in [0.25, 0.3) is 5.69 Å². The molecular formula is C11H12ClN3O4. The number of halogens is 1. The molecule has 0 bridgehead atoms. The summed E-state index contributed by atoms with van der Waals surface area (Å²) < 4.78 is 12.0. The van der Waals surface area contributed by atoms with Gasteiger partial charge in [-0.1, -0.05) is 11.6 Å². The number of nitro groups is 1. The summed E-state index contributed by atoms with van der Waals surface area (Å²) >= 11 is 5.87. The van der Waals surface area contributed by atoms with E-state index in [0.717, 1.165) is 0 Å². The van der Waals surface area contributed by atoms with Gasteiger partial charge in [0, 0.05) is 13.2 Å². The topological polar surface area (TPSA) is 79.4 Å². The number of nitrogens with zero attached hydrogens (tertiary/aromatic N) is 3. The summed E-state index contributed by atoms with van der Waals surface area (Å²) in [4.78, 5) is 14.3. The second kappa shape index (κ2) is 5.96. The lowest BCUT2D eigenvalue weighted by atomic mass is 10.3. The van der Waals surface area contributed by atoms with E-state index in [4.69, 9.17) is 21.1 Å². The van der Waals surface area contributed by atoms with Crippen LogP contribution >= 0.6 is 11.6 Å². The highest BCUT2D eigenvalue weighted by Crippen LogP contribution is 2.29. The van der Waals surface area contributed by atoms with E-state index in [1.807, 2.05) is 0 Å². The van der Waals surface area contributed by atoms with Gasteiger partial charge in [0.2, 0.25) is 0 Å². The van der Waals surface area contributed by atoms with Crippen molar-refractivity contribution < 1.29 is 14.4 Å². The van der Waals surface area contributed by atoms with Crippen LogP contribution in [0.1, 0.15) is 0 Å². The number of imidazole rings is 1. The van der Waals surface area contributed by atoms with Crippen LogP contribution in [0.2, 0.25) is 5.02 Å². The summed E-state index contributed by atoms with van der Waals surface area (Å²) in [6, 6.07) is 2.87. The molecule has 8 heteroatoms. The van der Waals surface area contributed by atoms with Gasteiger partial charge < -0.3 is 14.0 Å². The molecule has 0 aliphatic rings. The van der Waals surface area contributed by atoms with Crippen LogP contribution in [-0.2, 0) is 16.2 Å². The predicted molar refractivity (Wildman–Crippen MR) is 69.2 cm³/mol. The molecule has 0 amide bonds. The van der Waals surface area contributed by atoms with E-state index in [1.165, 1.54) is 12.1 Å². The molecule has 0 aliphatic heterocycles. The smallest absolute Gasteiger partial charge is 0.290 e. The number of benzene rings is 1. The maximum atomic E-state index is 10.8. The number of rotatable bonds is 6. The maximum absolute atomic E-state index is 10.8. The lowest BCUT2D eigenvalue weighted by molar-refractivity contribution is -0.384. The summed E-state index contributed by atoms with van der Waals surface area (Å²) in [5, 5.41) is 10.8. The van der Waals surface area contributed by atoms with E-state index in [2.05, 4.69) is 4.98 Å². The molecule has 0 fully saturated rings. The normalized spacial score (nSPS) is 11.1.